The van der Waals surface area contributed by atoms with Gasteiger partial charge in [0, 0.05) is 44.4 Å². The first-order valence-corrected chi connectivity index (χ1v) is 16.4. The van der Waals surface area contributed by atoms with Crippen LogP contribution in [0.3, 0.4) is 0 Å². The number of nitrogens with zero attached hydrogens (tertiary/aromatic N) is 5. The standard InChI is InChI=1S/C37H41F2N7O5/c1-5-18-44-24-33(47)45-32(46(44)36(49)41-21-26-9-7-6-8-10-26)23-43(22-28-11-14-29(38)20-31(28)39)35(48)34(45)25(2)27-12-15-30(16-13-27)51-37(50)40-17-19-42(3)4/h5-16,20,32,34H,1-2,17-19,21-24H2,3-4H3,(H,40,50)(H,41,49)/t32-,34-/m0/s1. The van der Waals surface area contributed by atoms with Crippen molar-refractivity contribution in [2.45, 2.75) is 25.3 Å². The predicted molar refractivity (Wildman–Crippen MR) is 187 cm³/mol. The van der Waals surface area contributed by atoms with Crippen molar-refractivity contribution in [3.05, 3.63) is 120 Å². The van der Waals surface area contributed by atoms with E-state index in [1.165, 1.54) is 33.0 Å². The molecule has 5 rings (SSSR count). The van der Waals surface area contributed by atoms with Gasteiger partial charge in [0.25, 0.3) is 5.91 Å². The van der Waals surface area contributed by atoms with Gasteiger partial charge in [-0.3, -0.25) is 9.59 Å². The summed E-state index contributed by atoms with van der Waals surface area (Å²) in [7, 11) is 3.76. The molecule has 14 heteroatoms. The monoisotopic (exact) mass is 701 g/mol. The van der Waals surface area contributed by atoms with E-state index in [9.17, 15) is 28.0 Å². The summed E-state index contributed by atoms with van der Waals surface area (Å²) < 4.78 is 34.1. The van der Waals surface area contributed by atoms with Gasteiger partial charge in [-0.15, -0.1) is 6.58 Å². The molecule has 0 saturated carbocycles. The van der Waals surface area contributed by atoms with Gasteiger partial charge >= 0.3 is 12.1 Å². The Bertz CT molecular complexity index is 1770. The van der Waals surface area contributed by atoms with Crippen molar-refractivity contribution >= 4 is 29.5 Å². The molecule has 2 heterocycles. The highest BCUT2D eigenvalue weighted by atomic mass is 19.1. The van der Waals surface area contributed by atoms with E-state index >= 15 is 0 Å². The van der Waals surface area contributed by atoms with Crippen molar-refractivity contribution in [2.24, 2.45) is 0 Å². The summed E-state index contributed by atoms with van der Waals surface area (Å²) in [6.07, 6.45) is -0.104. The second-order valence-corrected chi connectivity index (χ2v) is 12.4. The number of urea groups is 1. The number of likely N-dealkylation sites (N-methyl/N-ethyl adjacent to an activating group) is 1. The molecule has 0 spiro atoms. The van der Waals surface area contributed by atoms with Crippen LogP contribution in [0.5, 0.6) is 5.75 Å². The molecule has 0 aromatic heterocycles. The fourth-order valence-corrected chi connectivity index (χ4v) is 6.00. The van der Waals surface area contributed by atoms with Gasteiger partial charge in [0.2, 0.25) is 5.91 Å². The van der Waals surface area contributed by atoms with Crippen LogP contribution in [0.1, 0.15) is 16.7 Å². The molecular weight excluding hydrogens is 660 g/mol. The van der Waals surface area contributed by atoms with Gasteiger partial charge in [-0.1, -0.05) is 61.2 Å². The first kappa shape index (κ1) is 36.7. The number of benzene rings is 3. The Morgan fingerprint density at radius 3 is 2.41 bits per heavy atom. The van der Waals surface area contributed by atoms with E-state index in [1.54, 1.807) is 23.2 Å². The molecule has 12 nitrogen and oxygen atoms in total. The summed E-state index contributed by atoms with van der Waals surface area (Å²) >= 11 is 0. The quantitative estimate of drug-likeness (QED) is 0.276. The van der Waals surface area contributed by atoms with Crippen molar-refractivity contribution in [1.82, 2.24) is 35.4 Å². The number of hydrogen-bond donors (Lipinski definition) is 2. The lowest BCUT2D eigenvalue weighted by atomic mass is 9.94. The number of nitrogens with one attached hydrogen (secondary N) is 2. The summed E-state index contributed by atoms with van der Waals surface area (Å²) in [4.78, 5) is 59.0. The molecule has 0 bridgehead atoms. The Labute approximate surface area is 295 Å². The van der Waals surface area contributed by atoms with Crippen LogP contribution in [0.2, 0.25) is 0 Å². The normalized spacial score (nSPS) is 17.6. The smallest absolute Gasteiger partial charge is 0.410 e. The topological polar surface area (TPSA) is 118 Å². The number of carbonyl (C=O) groups is 4. The Kier molecular flexibility index (Phi) is 11.8. The van der Waals surface area contributed by atoms with Crippen LogP contribution in [0.4, 0.5) is 18.4 Å². The molecular formula is C37H41F2N7O5. The SMILES string of the molecule is C=CCN1CC(=O)N2[C@@H](C(=C)c3ccc(OC(=O)NCCN(C)C)cc3)C(=O)N(Cc3ccc(F)cc3F)C[C@@H]2N1C(=O)NCc1ccccc1. The first-order chi connectivity index (χ1) is 24.5. The van der Waals surface area contributed by atoms with Crippen molar-refractivity contribution in [2.75, 3.05) is 46.8 Å². The Morgan fingerprint density at radius 2 is 1.75 bits per heavy atom. The molecule has 2 atom stereocenters. The highest BCUT2D eigenvalue weighted by molar-refractivity contribution is 6.00. The maximum atomic E-state index is 14.9. The molecule has 0 unspecified atom stereocenters. The summed E-state index contributed by atoms with van der Waals surface area (Å²) in [5.41, 5.74) is 1.59. The third kappa shape index (κ3) is 8.77. The zero-order valence-electron chi connectivity index (χ0n) is 28.6. The molecule has 3 aromatic carbocycles. The van der Waals surface area contributed by atoms with Crippen LogP contribution >= 0.6 is 0 Å². The number of fused-ring (bicyclic) bond motifs is 1. The van der Waals surface area contributed by atoms with Crippen molar-refractivity contribution < 1.29 is 32.7 Å². The number of hydrazine groups is 1. The lowest BCUT2D eigenvalue weighted by molar-refractivity contribution is -0.185. The Morgan fingerprint density at radius 1 is 1.02 bits per heavy atom. The van der Waals surface area contributed by atoms with E-state index in [2.05, 4.69) is 23.8 Å². The average molecular weight is 702 g/mol. The van der Waals surface area contributed by atoms with E-state index < -0.39 is 47.8 Å². The third-order valence-corrected chi connectivity index (χ3v) is 8.53. The van der Waals surface area contributed by atoms with E-state index in [0.29, 0.717) is 18.7 Å². The lowest BCUT2D eigenvalue weighted by Crippen LogP contribution is -2.76. The molecule has 268 valence electrons. The Hall–Kier alpha value is -5.60. The first-order valence-electron chi connectivity index (χ1n) is 16.4. The van der Waals surface area contributed by atoms with Crippen LogP contribution in [0, 0.1) is 11.6 Å². The van der Waals surface area contributed by atoms with Gasteiger partial charge in [0.1, 0.15) is 29.6 Å². The van der Waals surface area contributed by atoms with Crippen molar-refractivity contribution in [3.8, 4) is 5.75 Å². The van der Waals surface area contributed by atoms with Gasteiger partial charge in [-0.2, -0.15) is 0 Å². The van der Waals surface area contributed by atoms with Gasteiger partial charge in [-0.05, 0) is 49.0 Å². The van der Waals surface area contributed by atoms with Crippen molar-refractivity contribution in [1.29, 1.82) is 0 Å². The van der Waals surface area contributed by atoms with Gasteiger partial charge in [-0.25, -0.2) is 28.4 Å². The highest BCUT2D eigenvalue weighted by Gasteiger charge is 2.52. The van der Waals surface area contributed by atoms with Crippen LogP contribution in [0.25, 0.3) is 5.57 Å². The molecule has 5 amide bonds. The van der Waals surface area contributed by atoms with Crippen molar-refractivity contribution in [3.63, 3.8) is 0 Å². The molecule has 2 N–H and O–H groups in total. The zero-order chi connectivity index (χ0) is 36.7. The summed E-state index contributed by atoms with van der Waals surface area (Å²) in [6.45, 7) is 8.68. The summed E-state index contributed by atoms with van der Waals surface area (Å²) in [5.74, 6) is -2.36. The fraction of sp³-hybridized carbons (Fsp3) is 0.297. The van der Waals surface area contributed by atoms with Crippen LogP contribution < -0.4 is 15.4 Å². The average Bonchev–Trinajstić information content (AvgIpc) is 3.09. The maximum absolute atomic E-state index is 14.9. The minimum absolute atomic E-state index is 0.0538. The van der Waals surface area contributed by atoms with Gasteiger partial charge in [0.15, 0.2) is 0 Å². The number of halogens is 2. The molecule has 3 aromatic rings. The van der Waals surface area contributed by atoms with Crippen LogP contribution in [0.15, 0.2) is 92.0 Å². The lowest BCUT2D eigenvalue weighted by Gasteiger charge is -2.55. The molecule has 51 heavy (non-hydrogen) atoms. The maximum Gasteiger partial charge on any atom is 0.412 e. The molecule has 0 aliphatic carbocycles. The highest BCUT2D eigenvalue weighted by Crippen LogP contribution is 2.34. The molecule has 2 aliphatic rings. The second kappa shape index (κ2) is 16.4. The predicted octanol–water partition coefficient (Wildman–Crippen LogP) is 3.82. The molecule has 2 fully saturated rings. The Balaban J connectivity index is 1.46. The molecule has 2 saturated heterocycles. The number of amides is 5. The number of piperazine rings is 1. The summed E-state index contributed by atoms with van der Waals surface area (Å²) in [6, 6.07) is 16.8. The molecule has 2 aliphatic heterocycles. The van der Waals surface area contributed by atoms with E-state index in [-0.39, 0.29) is 49.6 Å². The minimum atomic E-state index is -1.30. The number of carbonyl (C=O) groups excluding carboxylic acids is 4. The number of hydrogen-bond acceptors (Lipinski definition) is 7. The van der Waals surface area contributed by atoms with Crippen LogP contribution in [-0.4, -0.2) is 108 Å². The van der Waals surface area contributed by atoms with Crippen LogP contribution in [-0.2, 0) is 22.7 Å². The molecule has 0 radical (unpaired) electrons. The van der Waals surface area contributed by atoms with E-state index in [0.717, 1.165) is 17.7 Å². The number of ether oxygens (including phenoxy) is 1. The third-order valence-electron chi connectivity index (χ3n) is 8.53. The zero-order valence-corrected chi connectivity index (χ0v) is 28.6. The number of rotatable bonds is 12. The summed E-state index contributed by atoms with van der Waals surface area (Å²) in [5, 5.41) is 8.50. The van der Waals surface area contributed by atoms with Gasteiger partial charge in [0.05, 0.1) is 13.1 Å². The van der Waals surface area contributed by atoms with Gasteiger partial charge < -0.3 is 30.1 Å². The van der Waals surface area contributed by atoms with E-state index in [1.807, 2.05) is 49.3 Å². The largest absolute Gasteiger partial charge is 0.412 e. The minimum Gasteiger partial charge on any atom is -0.410 e. The van der Waals surface area contributed by atoms with E-state index in [4.69, 9.17) is 4.74 Å². The fourth-order valence-electron chi connectivity index (χ4n) is 6.00. The second-order valence-electron chi connectivity index (χ2n) is 12.4.